The molecule has 39 valence electrons. The van der Waals surface area contributed by atoms with Gasteiger partial charge in [0.1, 0.15) is 0 Å². The summed E-state index contributed by atoms with van der Waals surface area (Å²) < 4.78 is 0. The largest absolute Gasteiger partial charge is 0.537 e. The Morgan fingerprint density at radius 2 is 1.71 bits per heavy atom. The third-order valence-electron chi connectivity index (χ3n) is 0.110. The molecule has 1 radical (unpaired) electrons. The molecule has 0 bridgehead atoms. The van der Waals surface area contributed by atoms with E-state index in [0.717, 1.165) is 0 Å². The van der Waals surface area contributed by atoms with Crippen LogP contribution in [0, 0.1) is 6.61 Å². The minimum Gasteiger partial charge on any atom is -0.537 e. The number of carboxylic acid groups (broad SMARTS) is 1. The fourth-order valence-electron chi connectivity index (χ4n) is 0. The van der Waals surface area contributed by atoms with E-state index in [-0.39, 0.29) is 60.4 Å². The van der Waals surface area contributed by atoms with Gasteiger partial charge in [0, 0.05) is 53.8 Å². The third-order valence-corrected chi connectivity index (χ3v) is 0.110. The maximum Gasteiger partial charge on any atom is 0.187 e. The van der Waals surface area contributed by atoms with Crippen LogP contribution in [0.3, 0.4) is 0 Å². The molecule has 7 heavy (non-hydrogen) atoms. The molecule has 0 atom stereocenters. The van der Waals surface area contributed by atoms with Crippen molar-refractivity contribution in [2.75, 3.05) is 0 Å². The van der Waals surface area contributed by atoms with Crippen LogP contribution in [0.5, 0.6) is 0 Å². The Balaban J connectivity index is -0.0000000800. The Labute approximate surface area is 80.6 Å². The topological polar surface area (TPSA) is 57.5 Å². The molecule has 0 aliphatic heterocycles. The summed E-state index contributed by atoms with van der Waals surface area (Å²) in [4.78, 5) is 9.06. The van der Waals surface area contributed by atoms with Crippen molar-refractivity contribution in [2.45, 2.75) is 0 Å². The molecule has 3 nitrogen and oxygen atoms in total. The number of hydrogen-bond acceptors (Lipinski definition) is 2. The Hall–Kier alpha value is 1.09. The molecule has 0 amide bonds. The molecule has 0 fully saturated rings. The van der Waals surface area contributed by atoms with Gasteiger partial charge < -0.3 is 10.2 Å². The molecule has 0 saturated heterocycles. The first-order valence-corrected chi connectivity index (χ1v) is 0.975. The quantitative estimate of drug-likeness (QED) is 0.635. The van der Waals surface area contributed by atoms with Gasteiger partial charge in [-0.25, -0.2) is 0 Å². The number of carboxylic acids is 1. The van der Waals surface area contributed by atoms with E-state index in [1.54, 1.807) is 0 Å². The summed E-state index contributed by atoms with van der Waals surface area (Å²) in [7, 11) is 0. The molecule has 0 aromatic carbocycles. The molecule has 0 aromatic rings. The minimum atomic E-state index is -1.31. The van der Waals surface area contributed by atoms with Gasteiger partial charge in [-0.1, -0.05) is 0 Å². The Kier molecular flexibility index (Phi) is 22.8. The van der Waals surface area contributed by atoms with Crippen molar-refractivity contribution in [3.05, 3.63) is 6.61 Å². The van der Waals surface area contributed by atoms with Crippen molar-refractivity contribution in [2.24, 2.45) is 0 Å². The van der Waals surface area contributed by atoms with Crippen LogP contribution in [0.15, 0.2) is 0 Å². The molecular weight excluding hydrogens is 345 g/mol. The van der Waals surface area contributed by atoms with E-state index in [4.69, 9.17) is 15.0 Å². The van der Waals surface area contributed by atoms with E-state index < -0.39 is 5.97 Å². The van der Waals surface area contributed by atoms with E-state index in [9.17, 15) is 0 Å². The first kappa shape index (κ1) is 15.7. The van der Waals surface area contributed by atoms with Gasteiger partial charge in [0.05, 0.1) is 0 Å². The maximum absolute atomic E-state index is 9.06. The van der Waals surface area contributed by atoms with Crippen molar-refractivity contribution < 1.29 is 68.8 Å². The zero-order valence-corrected chi connectivity index (χ0v) is 9.14. The number of aliphatic hydroxyl groups excluding tert-OH is 1. The first-order chi connectivity index (χ1) is 2.27. The second-order valence-electron chi connectivity index (χ2n) is 0.467. The van der Waals surface area contributed by atoms with Crippen molar-refractivity contribution in [3.8, 4) is 0 Å². The molecule has 0 saturated carbocycles. The average Bonchev–Trinajstić information content (AvgIpc) is 1.38. The summed E-state index contributed by atoms with van der Waals surface area (Å²) in [6.45, 7) is 0.0833. The van der Waals surface area contributed by atoms with Gasteiger partial charge in [-0.05, 0) is 0 Å². The monoisotopic (exact) mass is 348 g/mol. The minimum absolute atomic E-state index is 0. The first-order valence-electron chi connectivity index (χ1n) is 0.975. The summed E-state index contributed by atoms with van der Waals surface area (Å²) in [5, 5.41) is 14.8. The van der Waals surface area contributed by atoms with Gasteiger partial charge in [-0.15, -0.1) is 0 Å². The van der Waals surface area contributed by atoms with Crippen LogP contribution < -0.4 is 0 Å². The number of hydrogen-bond donors (Lipinski definition) is 2. The summed E-state index contributed by atoms with van der Waals surface area (Å²) in [6, 6.07) is 0. The second kappa shape index (κ2) is 10.2. The van der Waals surface area contributed by atoms with Crippen LogP contribution >= 0.6 is 0 Å². The van der Waals surface area contributed by atoms with Crippen molar-refractivity contribution in [1.82, 2.24) is 0 Å². The molecule has 0 aliphatic rings. The zero-order valence-electron chi connectivity index (χ0n) is 3.37. The Morgan fingerprint density at radius 3 is 1.71 bits per heavy atom. The molecule has 5 heteroatoms. The summed E-state index contributed by atoms with van der Waals surface area (Å²) >= 11 is 0. The van der Waals surface area contributed by atoms with Crippen LogP contribution in [0.25, 0.3) is 0 Å². The predicted molar refractivity (Wildman–Crippen MR) is 13.9 cm³/mol. The Morgan fingerprint density at radius 1 is 1.57 bits per heavy atom. The molecule has 0 heterocycles. The van der Waals surface area contributed by atoms with Crippen molar-refractivity contribution in [3.63, 3.8) is 0 Å². The van der Waals surface area contributed by atoms with Crippen LogP contribution in [0.1, 0.15) is 0 Å². The zero-order chi connectivity index (χ0) is 4.28. The summed E-state index contributed by atoms with van der Waals surface area (Å²) in [5.41, 5.74) is 0. The van der Waals surface area contributed by atoms with Gasteiger partial charge in [0.2, 0.25) is 0 Å². The number of carbonyl (C=O) groups is 1. The molecule has 0 rings (SSSR count). The van der Waals surface area contributed by atoms with Gasteiger partial charge in [0.15, 0.2) is 5.97 Å². The summed E-state index contributed by atoms with van der Waals surface area (Å²) in [6.07, 6.45) is 0. The van der Waals surface area contributed by atoms with Crippen molar-refractivity contribution >= 4 is 5.97 Å². The van der Waals surface area contributed by atoms with Crippen LogP contribution in [0.4, 0.5) is 0 Å². The van der Waals surface area contributed by atoms with Crippen LogP contribution in [-0.4, -0.2) is 16.2 Å². The summed E-state index contributed by atoms with van der Waals surface area (Å²) in [5.74, 6) is -1.31. The number of rotatable bonds is 1. The van der Waals surface area contributed by atoms with E-state index >= 15 is 0 Å². The number of aliphatic carboxylic acids is 1. The van der Waals surface area contributed by atoms with Gasteiger partial charge in [0.25, 0.3) is 0 Å². The van der Waals surface area contributed by atoms with E-state index in [1.165, 1.54) is 0 Å². The average molecular weight is 348 g/mol. The van der Waals surface area contributed by atoms with Crippen LogP contribution in [-0.2, 0) is 58.6 Å². The smallest absolute Gasteiger partial charge is 0.187 e. The molecule has 0 aromatic heterocycles. The number of aliphatic hydroxyl groups is 1. The third kappa shape index (κ3) is 19.2. The fourth-order valence-corrected chi connectivity index (χ4v) is 0. The normalized spacial score (nSPS) is 4.71. The molecule has 0 unspecified atom stereocenters. The van der Waals surface area contributed by atoms with E-state index in [0.29, 0.717) is 0 Å². The fraction of sp³-hybridized carbons (Fsp3) is 0. The van der Waals surface area contributed by atoms with Gasteiger partial charge in [-0.3, -0.25) is 4.79 Å². The molecule has 2 N–H and O–H groups in total. The molecule has 0 spiro atoms. The van der Waals surface area contributed by atoms with Crippen LogP contribution in [0.2, 0.25) is 0 Å². The van der Waals surface area contributed by atoms with Gasteiger partial charge in [-0.2, -0.15) is 6.61 Å². The van der Waals surface area contributed by atoms with E-state index in [2.05, 4.69) is 0 Å². The SMILES string of the molecule is O=C(O)[CH-]O.[W].[Y]. The standard InChI is InChI=1S/C2H3O3.W.Y/c3-1-2(4)5;;/h1,3H,(H,4,5);;/q-1;;. The van der Waals surface area contributed by atoms with E-state index in [1.807, 2.05) is 0 Å². The maximum atomic E-state index is 9.06. The Bertz CT molecular complexity index is 48.2. The predicted octanol–water partition coefficient (Wildman–Crippen LogP) is -0.400. The second-order valence-corrected chi connectivity index (χ2v) is 0.467. The van der Waals surface area contributed by atoms with Crippen molar-refractivity contribution in [1.29, 1.82) is 0 Å². The molecule has 0 aliphatic carbocycles. The van der Waals surface area contributed by atoms with Gasteiger partial charge >= 0.3 is 0 Å². The molecular formula is C2H3O3WY-.